The van der Waals surface area contributed by atoms with Gasteiger partial charge in [0.2, 0.25) is 0 Å². The van der Waals surface area contributed by atoms with E-state index in [1.54, 1.807) is 0 Å². The average molecular weight is 143 g/mol. The second kappa shape index (κ2) is 2.58. The van der Waals surface area contributed by atoms with Crippen molar-refractivity contribution in [3.8, 4) is 0 Å². The molecule has 1 fully saturated rings. The van der Waals surface area contributed by atoms with E-state index in [2.05, 4.69) is 10.1 Å². The van der Waals surface area contributed by atoms with Crippen molar-refractivity contribution in [3.05, 3.63) is 0 Å². The summed E-state index contributed by atoms with van der Waals surface area (Å²) in [5.74, 6) is -0.0677. The summed E-state index contributed by atoms with van der Waals surface area (Å²) in [6.45, 7) is 0.750. The van der Waals surface area contributed by atoms with Crippen LogP contribution in [0.4, 0.5) is 0 Å². The van der Waals surface area contributed by atoms with Gasteiger partial charge in [-0.15, -0.1) is 0 Å². The van der Waals surface area contributed by atoms with Crippen LogP contribution >= 0.6 is 0 Å². The molecule has 0 aromatic rings. The molecular weight excluding hydrogens is 130 g/mol. The molecule has 1 rings (SSSR count). The molecule has 0 aromatic carbocycles. The standard InChI is InChI=1S/C7H13NO2/c1-8-5-7(3-4-7)6(9)10-2/h8H,3-5H2,1-2H3. The monoisotopic (exact) mass is 143 g/mol. The maximum atomic E-state index is 11.0. The first kappa shape index (κ1) is 7.54. The first-order valence-corrected chi connectivity index (χ1v) is 3.48. The molecule has 0 spiro atoms. The van der Waals surface area contributed by atoms with Gasteiger partial charge in [0.1, 0.15) is 0 Å². The summed E-state index contributed by atoms with van der Waals surface area (Å²) in [6, 6.07) is 0. The lowest BCUT2D eigenvalue weighted by Gasteiger charge is -2.10. The van der Waals surface area contributed by atoms with Crippen LogP contribution in [-0.2, 0) is 9.53 Å². The van der Waals surface area contributed by atoms with Crippen LogP contribution in [-0.4, -0.2) is 26.7 Å². The maximum Gasteiger partial charge on any atom is 0.313 e. The fourth-order valence-electron chi connectivity index (χ4n) is 1.16. The second-order valence-electron chi connectivity index (χ2n) is 2.80. The Hall–Kier alpha value is -0.570. The first-order chi connectivity index (χ1) is 4.75. The average Bonchev–Trinajstić information content (AvgIpc) is 2.69. The van der Waals surface area contributed by atoms with Crippen molar-refractivity contribution in [2.45, 2.75) is 12.8 Å². The molecule has 0 saturated heterocycles. The summed E-state index contributed by atoms with van der Waals surface area (Å²) < 4.78 is 4.65. The van der Waals surface area contributed by atoms with E-state index in [1.807, 2.05) is 7.05 Å². The van der Waals surface area contributed by atoms with Crippen molar-refractivity contribution in [1.29, 1.82) is 0 Å². The third-order valence-electron chi connectivity index (χ3n) is 1.99. The zero-order chi connectivity index (χ0) is 7.61. The highest BCUT2D eigenvalue weighted by molar-refractivity contribution is 5.80. The molecule has 1 aliphatic carbocycles. The van der Waals surface area contributed by atoms with Crippen LogP contribution in [0.25, 0.3) is 0 Å². The Bertz CT molecular complexity index is 141. The van der Waals surface area contributed by atoms with Gasteiger partial charge in [-0.05, 0) is 19.9 Å². The number of nitrogens with one attached hydrogen (secondary N) is 1. The quantitative estimate of drug-likeness (QED) is 0.572. The highest BCUT2D eigenvalue weighted by atomic mass is 16.5. The summed E-state index contributed by atoms with van der Waals surface area (Å²) in [6.07, 6.45) is 1.95. The SMILES string of the molecule is CNCC1(C(=O)OC)CC1. The van der Waals surface area contributed by atoms with Gasteiger partial charge in [0.15, 0.2) is 0 Å². The molecule has 0 aromatic heterocycles. The molecule has 58 valence electrons. The Morgan fingerprint density at radius 3 is 2.60 bits per heavy atom. The normalized spacial score (nSPS) is 20.2. The fraction of sp³-hybridized carbons (Fsp3) is 0.857. The van der Waals surface area contributed by atoms with Crippen molar-refractivity contribution in [3.63, 3.8) is 0 Å². The summed E-state index contributed by atoms with van der Waals surface area (Å²) >= 11 is 0. The molecule has 0 amide bonds. The molecule has 10 heavy (non-hydrogen) atoms. The minimum atomic E-state index is -0.163. The molecule has 0 radical (unpaired) electrons. The van der Waals surface area contributed by atoms with Gasteiger partial charge in [-0.3, -0.25) is 4.79 Å². The van der Waals surface area contributed by atoms with E-state index >= 15 is 0 Å². The Labute approximate surface area is 60.7 Å². The number of hydrogen-bond acceptors (Lipinski definition) is 3. The molecule has 0 bridgehead atoms. The predicted octanol–water partition coefficient (Wildman–Crippen LogP) is 0.159. The van der Waals surface area contributed by atoms with Crippen LogP contribution in [0.15, 0.2) is 0 Å². The van der Waals surface area contributed by atoms with Crippen LogP contribution < -0.4 is 5.32 Å². The van der Waals surface area contributed by atoms with Gasteiger partial charge >= 0.3 is 5.97 Å². The molecule has 0 aliphatic heterocycles. The van der Waals surface area contributed by atoms with Gasteiger partial charge < -0.3 is 10.1 Å². The number of rotatable bonds is 3. The third kappa shape index (κ3) is 1.14. The number of ether oxygens (including phenoxy) is 1. The van der Waals surface area contributed by atoms with Crippen LogP contribution in [0, 0.1) is 5.41 Å². The second-order valence-corrected chi connectivity index (χ2v) is 2.80. The molecule has 0 heterocycles. The van der Waals surface area contributed by atoms with Gasteiger partial charge in [0.05, 0.1) is 12.5 Å². The number of hydrogen-bond donors (Lipinski definition) is 1. The van der Waals surface area contributed by atoms with E-state index in [1.165, 1.54) is 7.11 Å². The minimum Gasteiger partial charge on any atom is -0.469 e. The van der Waals surface area contributed by atoms with E-state index in [4.69, 9.17) is 0 Å². The van der Waals surface area contributed by atoms with Crippen LogP contribution in [0.1, 0.15) is 12.8 Å². The van der Waals surface area contributed by atoms with Crippen LogP contribution in [0.3, 0.4) is 0 Å². The maximum absolute atomic E-state index is 11.0. The smallest absolute Gasteiger partial charge is 0.313 e. The van der Waals surface area contributed by atoms with E-state index < -0.39 is 0 Å². The van der Waals surface area contributed by atoms with Crippen molar-refractivity contribution in [2.24, 2.45) is 5.41 Å². The number of esters is 1. The lowest BCUT2D eigenvalue weighted by molar-refractivity contribution is -0.146. The van der Waals surface area contributed by atoms with E-state index in [0.717, 1.165) is 19.4 Å². The molecule has 3 heteroatoms. The summed E-state index contributed by atoms with van der Waals surface area (Å²) in [5.41, 5.74) is -0.163. The van der Waals surface area contributed by atoms with E-state index in [9.17, 15) is 4.79 Å². The lowest BCUT2D eigenvalue weighted by Crippen LogP contribution is -2.28. The molecule has 1 N–H and O–H groups in total. The number of carbonyl (C=O) groups excluding carboxylic acids is 1. The Morgan fingerprint density at radius 1 is 1.70 bits per heavy atom. The molecule has 1 aliphatic rings. The van der Waals surface area contributed by atoms with Crippen LogP contribution in [0.2, 0.25) is 0 Å². The Morgan fingerprint density at radius 2 is 2.30 bits per heavy atom. The predicted molar refractivity (Wildman–Crippen MR) is 37.6 cm³/mol. The Kier molecular flexibility index (Phi) is 1.94. The highest BCUT2D eigenvalue weighted by Crippen LogP contribution is 2.45. The van der Waals surface area contributed by atoms with Gasteiger partial charge in [-0.1, -0.05) is 0 Å². The molecule has 3 nitrogen and oxygen atoms in total. The highest BCUT2D eigenvalue weighted by Gasteiger charge is 2.50. The van der Waals surface area contributed by atoms with Crippen LogP contribution in [0.5, 0.6) is 0 Å². The summed E-state index contributed by atoms with van der Waals surface area (Å²) in [7, 11) is 3.29. The van der Waals surface area contributed by atoms with Crippen molar-refractivity contribution >= 4 is 5.97 Å². The summed E-state index contributed by atoms with van der Waals surface area (Å²) in [5, 5.41) is 2.98. The molecule has 0 atom stereocenters. The van der Waals surface area contributed by atoms with Gasteiger partial charge in [-0.2, -0.15) is 0 Å². The Balaban J connectivity index is 2.43. The summed E-state index contributed by atoms with van der Waals surface area (Å²) in [4.78, 5) is 11.0. The third-order valence-corrected chi connectivity index (χ3v) is 1.99. The molecular formula is C7H13NO2. The first-order valence-electron chi connectivity index (χ1n) is 3.48. The molecule has 1 saturated carbocycles. The van der Waals surface area contributed by atoms with E-state index in [-0.39, 0.29) is 11.4 Å². The molecule has 0 unspecified atom stereocenters. The zero-order valence-electron chi connectivity index (χ0n) is 6.44. The lowest BCUT2D eigenvalue weighted by atomic mass is 10.1. The topological polar surface area (TPSA) is 38.3 Å². The van der Waals surface area contributed by atoms with Gasteiger partial charge in [-0.25, -0.2) is 0 Å². The minimum absolute atomic E-state index is 0.0677. The largest absolute Gasteiger partial charge is 0.469 e. The fourth-order valence-corrected chi connectivity index (χ4v) is 1.16. The van der Waals surface area contributed by atoms with Gasteiger partial charge in [0, 0.05) is 6.54 Å². The van der Waals surface area contributed by atoms with E-state index in [0.29, 0.717) is 0 Å². The zero-order valence-corrected chi connectivity index (χ0v) is 6.44. The van der Waals surface area contributed by atoms with Crippen molar-refractivity contribution < 1.29 is 9.53 Å². The van der Waals surface area contributed by atoms with Crippen molar-refractivity contribution in [1.82, 2.24) is 5.32 Å². The number of carbonyl (C=O) groups is 1. The van der Waals surface area contributed by atoms with Gasteiger partial charge in [0.25, 0.3) is 0 Å². The number of methoxy groups -OCH3 is 1. The van der Waals surface area contributed by atoms with Crippen molar-refractivity contribution in [2.75, 3.05) is 20.7 Å².